The molecule has 1 amide bonds. The van der Waals surface area contributed by atoms with Crippen LogP contribution in [0.3, 0.4) is 0 Å². The molecule has 0 aromatic rings. The monoisotopic (exact) mass is 524 g/mol. The van der Waals surface area contributed by atoms with Gasteiger partial charge < -0.3 is 24.6 Å². The summed E-state index contributed by atoms with van der Waals surface area (Å²) in [5.41, 5.74) is -0.449. The van der Waals surface area contributed by atoms with Crippen LogP contribution in [0.2, 0.25) is 0 Å². The first-order valence-electron chi connectivity index (χ1n) is 10.9. The fourth-order valence-electron chi connectivity index (χ4n) is 3.85. The predicted octanol–water partition coefficient (Wildman–Crippen LogP) is 3.72. The lowest BCUT2D eigenvalue weighted by Gasteiger charge is -2.36. The summed E-state index contributed by atoms with van der Waals surface area (Å²) >= 11 is 0. The third-order valence-corrected chi connectivity index (χ3v) is 5.41. The van der Waals surface area contributed by atoms with Gasteiger partial charge in [-0.25, -0.2) is 4.79 Å². The Labute approximate surface area is 194 Å². The molecule has 0 aliphatic carbocycles. The zero-order valence-electron chi connectivity index (χ0n) is 18.9. The van der Waals surface area contributed by atoms with Crippen molar-refractivity contribution in [3.8, 4) is 0 Å². The van der Waals surface area contributed by atoms with E-state index in [1.807, 2.05) is 39.6 Å². The van der Waals surface area contributed by atoms with Crippen molar-refractivity contribution in [1.29, 1.82) is 0 Å². The first-order chi connectivity index (χ1) is 13.3. The number of rotatable bonds is 6. The van der Waals surface area contributed by atoms with Gasteiger partial charge in [0.1, 0.15) is 5.60 Å². The first kappa shape index (κ1) is 26.3. The van der Waals surface area contributed by atoms with Gasteiger partial charge in [0.05, 0.1) is 6.10 Å². The molecule has 2 rings (SSSR count). The van der Waals surface area contributed by atoms with Crippen molar-refractivity contribution >= 4 is 36.0 Å². The fraction of sp³-hybridized carbons (Fsp3) is 0.905. The number of amides is 1. The van der Waals surface area contributed by atoms with E-state index in [0.29, 0.717) is 18.6 Å². The zero-order chi connectivity index (χ0) is 20.6. The first-order valence-corrected chi connectivity index (χ1v) is 10.9. The summed E-state index contributed by atoms with van der Waals surface area (Å²) in [7, 11) is 1.85. The number of guanidine groups is 1. The maximum absolute atomic E-state index is 12.4. The van der Waals surface area contributed by atoms with Crippen LogP contribution in [0.4, 0.5) is 4.79 Å². The largest absolute Gasteiger partial charge is 0.444 e. The van der Waals surface area contributed by atoms with E-state index in [0.717, 1.165) is 58.0 Å². The Morgan fingerprint density at radius 1 is 1.28 bits per heavy atom. The summed E-state index contributed by atoms with van der Waals surface area (Å²) in [5, 5.41) is 3.49. The summed E-state index contributed by atoms with van der Waals surface area (Å²) in [4.78, 5) is 21.0. The molecule has 8 heteroatoms. The van der Waals surface area contributed by atoms with Crippen LogP contribution in [-0.4, -0.2) is 79.9 Å². The van der Waals surface area contributed by atoms with Gasteiger partial charge in [-0.1, -0.05) is 0 Å². The smallest absolute Gasteiger partial charge is 0.410 e. The maximum Gasteiger partial charge on any atom is 0.410 e. The van der Waals surface area contributed by atoms with Gasteiger partial charge in [0, 0.05) is 46.4 Å². The highest BCUT2D eigenvalue weighted by molar-refractivity contribution is 14.0. The van der Waals surface area contributed by atoms with E-state index in [1.165, 1.54) is 12.8 Å². The SMILES string of the molecule is CCN(CC1CCN(C(=NC)NCCC2CCCO2)CC1)C(=O)OC(C)(C)C.I. The Balaban J connectivity index is 0.00000420. The molecule has 2 aliphatic rings. The van der Waals surface area contributed by atoms with Gasteiger partial charge >= 0.3 is 6.09 Å². The third-order valence-electron chi connectivity index (χ3n) is 5.41. The van der Waals surface area contributed by atoms with Crippen LogP contribution in [-0.2, 0) is 9.47 Å². The number of nitrogens with one attached hydrogen (secondary N) is 1. The van der Waals surface area contributed by atoms with E-state index in [1.54, 1.807) is 0 Å². The topological polar surface area (TPSA) is 66.4 Å². The van der Waals surface area contributed by atoms with Crippen LogP contribution in [0, 0.1) is 5.92 Å². The minimum Gasteiger partial charge on any atom is -0.444 e. The number of halogens is 1. The van der Waals surface area contributed by atoms with E-state index < -0.39 is 5.60 Å². The fourth-order valence-corrected chi connectivity index (χ4v) is 3.85. The number of carbonyl (C=O) groups is 1. The molecule has 2 heterocycles. The lowest BCUT2D eigenvalue weighted by molar-refractivity contribution is 0.0214. The summed E-state index contributed by atoms with van der Waals surface area (Å²) in [6.45, 7) is 12.9. The number of ether oxygens (including phenoxy) is 2. The average Bonchev–Trinajstić information content (AvgIpc) is 3.16. The molecule has 0 radical (unpaired) electrons. The van der Waals surface area contributed by atoms with Crippen LogP contribution in [0.15, 0.2) is 4.99 Å². The molecule has 0 aromatic heterocycles. The Morgan fingerprint density at radius 3 is 2.48 bits per heavy atom. The lowest BCUT2D eigenvalue weighted by Crippen LogP contribution is -2.48. The Bertz CT molecular complexity index is 511. The second-order valence-corrected chi connectivity index (χ2v) is 8.85. The Hall–Kier alpha value is -0.770. The predicted molar refractivity (Wildman–Crippen MR) is 128 cm³/mol. The number of aliphatic imine (C=N–C) groups is 1. The van der Waals surface area contributed by atoms with Gasteiger partial charge in [0.2, 0.25) is 0 Å². The van der Waals surface area contributed by atoms with Gasteiger partial charge in [0.25, 0.3) is 0 Å². The van der Waals surface area contributed by atoms with Crippen molar-refractivity contribution in [2.45, 2.75) is 71.5 Å². The molecule has 1 N–H and O–H groups in total. The highest BCUT2D eigenvalue weighted by atomic mass is 127. The Kier molecular flexibility index (Phi) is 11.6. The van der Waals surface area contributed by atoms with E-state index in [2.05, 4.69) is 15.2 Å². The highest BCUT2D eigenvalue weighted by Gasteiger charge is 2.27. The standard InChI is InChI=1S/C21H40N4O3.HI/c1-6-24(20(26)28-21(2,3)4)16-17-10-13-25(14-11-17)19(22-5)23-12-9-18-8-7-15-27-18;/h17-18H,6-16H2,1-5H3,(H,22,23);1H. The van der Waals surface area contributed by atoms with Crippen LogP contribution < -0.4 is 5.32 Å². The molecule has 2 saturated heterocycles. The Morgan fingerprint density at radius 2 is 1.97 bits per heavy atom. The quantitative estimate of drug-likeness (QED) is 0.326. The van der Waals surface area contributed by atoms with Crippen molar-refractivity contribution < 1.29 is 14.3 Å². The van der Waals surface area contributed by atoms with Gasteiger partial charge in [0.15, 0.2) is 5.96 Å². The summed E-state index contributed by atoms with van der Waals surface area (Å²) in [6.07, 6.45) is 5.73. The maximum atomic E-state index is 12.4. The molecule has 0 bridgehead atoms. The molecule has 2 aliphatic heterocycles. The molecule has 2 fully saturated rings. The van der Waals surface area contributed by atoms with Crippen molar-refractivity contribution in [3.63, 3.8) is 0 Å². The third kappa shape index (κ3) is 9.27. The van der Waals surface area contributed by atoms with Crippen molar-refractivity contribution in [2.24, 2.45) is 10.9 Å². The minimum atomic E-state index is -0.449. The average molecular weight is 524 g/mol. The molecule has 1 unspecified atom stereocenters. The van der Waals surface area contributed by atoms with Gasteiger partial charge in [-0.3, -0.25) is 4.99 Å². The number of likely N-dealkylation sites (tertiary alicyclic amines) is 1. The molecule has 29 heavy (non-hydrogen) atoms. The lowest BCUT2D eigenvalue weighted by atomic mass is 9.96. The normalized spacial score (nSPS) is 20.9. The summed E-state index contributed by atoms with van der Waals surface area (Å²) in [5.74, 6) is 1.49. The molecular weight excluding hydrogens is 483 g/mol. The van der Waals surface area contributed by atoms with Crippen molar-refractivity contribution in [3.05, 3.63) is 0 Å². The van der Waals surface area contributed by atoms with Crippen LogP contribution in [0.5, 0.6) is 0 Å². The molecule has 7 nitrogen and oxygen atoms in total. The minimum absolute atomic E-state index is 0. The molecule has 1 atom stereocenters. The molecule has 0 saturated carbocycles. The van der Waals surface area contributed by atoms with Gasteiger partial charge in [-0.05, 0) is 65.7 Å². The molecule has 170 valence electrons. The van der Waals surface area contributed by atoms with Crippen LogP contribution in [0.25, 0.3) is 0 Å². The van der Waals surface area contributed by atoms with Crippen LogP contribution in [0.1, 0.15) is 59.8 Å². The second kappa shape index (κ2) is 12.8. The van der Waals surface area contributed by atoms with Crippen molar-refractivity contribution in [2.75, 3.05) is 46.4 Å². The molecule has 0 aromatic carbocycles. The number of piperidine rings is 1. The van der Waals surface area contributed by atoms with E-state index in [4.69, 9.17) is 9.47 Å². The number of carbonyl (C=O) groups excluding carboxylic acids is 1. The van der Waals surface area contributed by atoms with Gasteiger partial charge in [-0.2, -0.15) is 0 Å². The van der Waals surface area contributed by atoms with E-state index in [-0.39, 0.29) is 30.1 Å². The number of hydrogen-bond acceptors (Lipinski definition) is 4. The number of hydrogen-bond donors (Lipinski definition) is 1. The van der Waals surface area contributed by atoms with Crippen LogP contribution >= 0.6 is 24.0 Å². The zero-order valence-corrected chi connectivity index (χ0v) is 21.2. The van der Waals surface area contributed by atoms with Gasteiger partial charge in [-0.15, -0.1) is 24.0 Å². The second-order valence-electron chi connectivity index (χ2n) is 8.85. The molecule has 0 spiro atoms. The molecular formula is C21H41IN4O3. The highest BCUT2D eigenvalue weighted by Crippen LogP contribution is 2.20. The van der Waals surface area contributed by atoms with Crippen molar-refractivity contribution in [1.82, 2.24) is 15.1 Å². The summed E-state index contributed by atoms with van der Waals surface area (Å²) in [6, 6.07) is 0. The van der Waals surface area contributed by atoms with E-state index >= 15 is 0 Å². The summed E-state index contributed by atoms with van der Waals surface area (Å²) < 4.78 is 11.2. The number of nitrogens with zero attached hydrogens (tertiary/aromatic N) is 3. The van der Waals surface area contributed by atoms with E-state index in [9.17, 15) is 4.79 Å².